The van der Waals surface area contributed by atoms with Crippen LogP contribution in [0.4, 0.5) is 5.69 Å². The summed E-state index contributed by atoms with van der Waals surface area (Å²) in [6, 6.07) is 9.78. The van der Waals surface area contributed by atoms with E-state index in [1.54, 1.807) is 36.5 Å². The van der Waals surface area contributed by atoms with Crippen LogP contribution in [0.1, 0.15) is 30.6 Å². The maximum Gasteiger partial charge on any atom is 0.252 e. The van der Waals surface area contributed by atoms with Crippen molar-refractivity contribution in [2.45, 2.75) is 20.3 Å². The zero-order chi connectivity index (χ0) is 21.8. The quantitative estimate of drug-likeness (QED) is 0.374. The molecule has 0 bridgehead atoms. The summed E-state index contributed by atoms with van der Waals surface area (Å²) in [4.78, 5) is 16.7. The van der Waals surface area contributed by atoms with E-state index in [1.807, 2.05) is 13.8 Å². The monoisotopic (exact) mass is 425 g/mol. The first-order valence-electron chi connectivity index (χ1n) is 9.42. The van der Waals surface area contributed by atoms with Crippen LogP contribution in [-0.4, -0.2) is 28.1 Å². The van der Waals surface area contributed by atoms with Crippen LogP contribution in [0.5, 0.6) is 23.0 Å². The van der Waals surface area contributed by atoms with Gasteiger partial charge in [0.15, 0.2) is 0 Å². The molecule has 0 aliphatic carbocycles. The largest absolute Gasteiger partial charge is 0.506 e. The lowest BCUT2D eigenvalue weighted by molar-refractivity contribution is 0.0997. The number of nitrogens with zero attached hydrogens (tertiary/aromatic N) is 1. The number of pyridine rings is 1. The number of phenols is 1. The second kappa shape index (κ2) is 8.96. The topological polar surface area (TPSA) is 107 Å². The van der Waals surface area contributed by atoms with Crippen molar-refractivity contribution in [3.8, 4) is 23.0 Å². The fourth-order valence-electron chi connectivity index (χ4n) is 2.85. The summed E-state index contributed by atoms with van der Waals surface area (Å²) < 4.78 is 11.2. The fourth-order valence-corrected chi connectivity index (χ4v) is 3.12. The lowest BCUT2D eigenvalue weighted by atomic mass is 10.1. The van der Waals surface area contributed by atoms with Crippen molar-refractivity contribution < 1.29 is 19.4 Å². The van der Waals surface area contributed by atoms with E-state index in [1.165, 1.54) is 13.2 Å². The average molecular weight is 426 g/mol. The van der Waals surface area contributed by atoms with Crippen LogP contribution >= 0.6 is 12.2 Å². The molecule has 1 unspecified atom stereocenters. The third-order valence-electron chi connectivity index (χ3n) is 4.80. The van der Waals surface area contributed by atoms with Gasteiger partial charge in [0.25, 0.3) is 5.91 Å². The molecule has 30 heavy (non-hydrogen) atoms. The fraction of sp³-hybridized carbons (Fsp3) is 0.227. The van der Waals surface area contributed by atoms with Crippen LogP contribution in [0.2, 0.25) is 0 Å². The number of carbonyl (C=O) groups is 1. The number of methoxy groups -OCH3 is 1. The number of phenolic OH excluding ortho intramolecular Hbond substituents is 1. The Morgan fingerprint density at radius 2 is 2.03 bits per heavy atom. The normalized spacial score (nSPS) is 11.7. The van der Waals surface area contributed by atoms with Crippen LogP contribution < -0.4 is 20.5 Å². The summed E-state index contributed by atoms with van der Waals surface area (Å²) in [6.07, 6.45) is 2.49. The Morgan fingerprint density at radius 1 is 1.27 bits per heavy atom. The predicted octanol–water partition coefficient (Wildman–Crippen LogP) is 4.63. The zero-order valence-corrected chi connectivity index (χ0v) is 17.7. The van der Waals surface area contributed by atoms with E-state index >= 15 is 0 Å². The van der Waals surface area contributed by atoms with Gasteiger partial charge in [-0.2, -0.15) is 0 Å². The predicted molar refractivity (Wildman–Crippen MR) is 121 cm³/mol. The van der Waals surface area contributed by atoms with Crippen LogP contribution in [0.15, 0.2) is 42.6 Å². The number of carbonyl (C=O) groups excluding carboxylic acids is 1. The molecule has 0 aliphatic rings. The van der Waals surface area contributed by atoms with E-state index in [0.717, 1.165) is 6.42 Å². The van der Waals surface area contributed by atoms with E-state index < -0.39 is 5.91 Å². The Bertz CT molecular complexity index is 1120. The summed E-state index contributed by atoms with van der Waals surface area (Å²) >= 11 is 5.35. The zero-order valence-electron chi connectivity index (χ0n) is 16.9. The van der Waals surface area contributed by atoms with Gasteiger partial charge in [-0.3, -0.25) is 9.78 Å². The molecule has 2 aromatic carbocycles. The summed E-state index contributed by atoms with van der Waals surface area (Å²) in [5, 5.41) is 14.0. The maximum absolute atomic E-state index is 11.8. The number of benzene rings is 2. The first-order chi connectivity index (χ1) is 14.3. The van der Waals surface area contributed by atoms with Gasteiger partial charge in [0.2, 0.25) is 0 Å². The summed E-state index contributed by atoms with van der Waals surface area (Å²) in [6.45, 7) is 4.07. The molecule has 8 heteroatoms. The molecule has 0 saturated carbocycles. The highest BCUT2D eigenvalue weighted by molar-refractivity contribution is 7.80. The van der Waals surface area contributed by atoms with Crippen molar-refractivity contribution in [2.75, 3.05) is 12.4 Å². The second-order valence-corrected chi connectivity index (χ2v) is 7.26. The molecule has 3 aromatic rings. The van der Waals surface area contributed by atoms with Gasteiger partial charge in [-0.1, -0.05) is 26.1 Å². The Kier molecular flexibility index (Phi) is 6.37. The van der Waals surface area contributed by atoms with Gasteiger partial charge in [-0.15, -0.1) is 0 Å². The van der Waals surface area contributed by atoms with Crippen molar-refractivity contribution in [3.63, 3.8) is 0 Å². The molecule has 0 saturated heterocycles. The van der Waals surface area contributed by atoms with Gasteiger partial charge in [0.1, 0.15) is 23.0 Å². The van der Waals surface area contributed by atoms with Gasteiger partial charge < -0.3 is 25.6 Å². The van der Waals surface area contributed by atoms with Gasteiger partial charge in [0, 0.05) is 29.6 Å². The minimum absolute atomic E-state index is 0.0102. The molecule has 0 aliphatic heterocycles. The number of aromatic hydroxyl groups is 1. The van der Waals surface area contributed by atoms with Crippen LogP contribution in [0, 0.1) is 5.92 Å². The van der Waals surface area contributed by atoms with Crippen molar-refractivity contribution in [2.24, 2.45) is 11.7 Å². The Labute approximate surface area is 179 Å². The molecule has 1 amide bonds. The number of primary amides is 1. The SMILES string of the molecule is CCC(C)C(=S)Nc1ccc(Oc2ccnc3cc(OC)c(C(N)=O)cc23)cc1O. The molecular formula is C22H23N3O4S. The Balaban J connectivity index is 1.92. The number of hydrogen-bond acceptors (Lipinski definition) is 6. The highest BCUT2D eigenvalue weighted by Crippen LogP contribution is 2.35. The highest BCUT2D eigenvalue weighted by Gasteiger charge is 2.15. The van der Waals surface area contributed by atoms with Crippen molar-refractivity contribution in [1.82, 2.24) is 4.98 Å². The molecular weight excluding hydrogens is 402 g/mol. The number of thiocarbonyl (C=S) groups is 1. The van der Waals surface area contributed by atoms with E-state index in [4.69, 9.17) is 27.4 Å². The molecule has 1 heterocycles. The standard InChI is InChI=1S/C22H23N3O4S/c1-4-12(2)22(30)25-16-6-5-13(9-18(16)26)29-19-7-8-24-17-11-20(28-3)15(21(23)27)10-14(17)19/h5-12,26H,4H2,1-3H3,(H2,23,27)(H,25,30). The molecule has 3 rings (SSSR count). The number of nitrogens with one attached hydrogen (secondary N) is 1. The lowest BCUT2D eigenvalue weighted by Crippen LogP contribution is -2.17. The molecule has 0 radical (unpaired) electrons. The van der Waals surface area contributed by atoms with Crippen molar-refractivity contribution >= 4 is 39.7 Å². The molecule has 1 atom stereocenters. The third kappa shape index (κ3) is 4.44. The van der Waals surface area contributed by atoms with E-state index in [9.17, 15) is 9.90 Å². The molecule has 1 aromatic heterocycles. The average Bonchev–Trinajstić information content (AvgIpc) is 2.74. The van der Waals surface area contributed by atoms with Gasteiger partial charge >= 0.3 is 0 Å². The van der Waals surface area contributed by atoms with Crippen LogP contribution in [0.25, 0.3) is 10.9 Å². The number of rotatable bonds is 7. The lowest BCUT2D eigenvalue weighted by Gasteiger charge is -2.15. The minimum atomic E-state index is -0.617. The summed E-state index contributed by atoms with van der Waals surface area (Å²) in [5.41, 5.74) is 6.77. The number of ether oxygens (including phenoxy) is 2. The third-order valence-corrected chi connectivity index (χ3v) is 5.31. The van der Waals surface area contributed by atoms with Crippen molar-refractivity contribution in [3.05, 3.63) is 48.2 Å². The van der Waals surface area contributed by atoms with Crippen LogP contribution in [0.3, 0.4) is 0 Å². The second-order valence-electron chi connectivity index (χ2n) is 6.82. The number of nitrogens with two attached hydrogens (primary N) is 1. The first-order valence-corrected chi connectivity index (χ1v) is 9.83. The van der Waals surface area contributed by atoms with Gasteiger partial charge in [-0.05, 0) is 30.7 Å². The molecule has 156 valence electrons. The van der Waals surface area contributed by atoms with Crippen molar-refractivity contribution in [1.29, 1.82) is 0 Å². The Hall–Kier alpha value is -3.39. The number of anilines is 1. The minimum Gasteiger partial charge on any atom is -0.506 e. The Morgan fingerprint density at radius 3 is 2.67 bits per heavy atom. The van der Waals surface area contributed by atoms with E-state index in [0.29, 0.717) is 38.8 Å². The van der Waals surface area contributed by atoms with Gasteiger partial charge in [-0.25, -0.2) is 0 Å². The highest BCUT2D eigenvalue weighted by atomic mass is 32.1. The number of fused-ring (bicyclic) bond motifs is 1. The molecule has 4 N–H and O–H groups in total. The summed E-state index contributed by atoms with van der Waals surface area (Å²) in [5.74, 6) is 0.807. The molecule has 0 spiro atoms. The van der Waals surface area contributed by atoms with E-state index in [2.05, 4.69) is 10.3 Å². The molecule has 0 fully saturated rings. The van der Waals surface area contributed by atoms with Gasteiger partial charge in [0.05, 0.1) is 28.9 Å². The molecule has 7 nitrogen and oxygen atoms in total. The van der Waals surface area contributed by atoms with E-state index in [-0.39, 0.29) is 17.2 Å². The number of amides is 1. The first kappa shape index (κ1) is 21.3. The maximum atomic E-state index is 11.8. The summed E-state index contributed by atoms with van der Waals surface area (Å²) in [7, 11) is 1.46. The van der Waals surface area contributed by atoms with Crippen LogP contribution in [-0.2, 0) is 0 Å². The smallest absolute Gasteiger partial charge is 0.252 e. The number of hydrogen-bond donors (Lipinski definition) is 3. The number of aromatic nitrogens is 1.